The summed E-state index contributed by atoms with van der Waals surface area (Å²) in [5.41, 5.74) is 1.65. The monoisotopic (exact) mass is 447 g/mol. The molecule has 0 saturated heterocycles. The van der Waals surface area contributed by atoms with Gasteiger partial charge in [-0.1, -0.05) is 26.0 Å². The number of hydrogen-bond acceptors (Lipinski definition) is 6. The summed E-state index contributed by atoms with van der Waals surface area (Å²) < 4.78 is 34.3. The molecule has 0 spiro atoms. The number of amides is 1. The quantitative estimate of drug-likeness (QED) is 0.553. The van der Waals surface area contributed by atoms with Crippen LogP contribution in [0.5, 0.6) is 5.75 Å². The zero-order valence-electron chi connectivity index (χ0n) is 17.3. The maximum absolute atomic E-state index is 12.9. The third-order valence-corrected chi connectivity index (χ3v) is 7.01. The molecule has 3 aromatic rings. The number of sulfonamides is 1. The van der Waals surface area contributed by atoms with Gasteiger partial charge in [-0.05, 0) is 48.7 Å². The zero-order chi connectivity index (χ0) is 21.9. The maximum Gasteiger partial charge on any atom is 0.241 e. The average molecular weight is 448 g/mol. The van der Waals surface area contributed by atoms with Crippen LogP contribution in [0.1, 0.15) is 24.4 Å². The number of carbonyl (C=O) groups excluding carboxylic acids is 1. The molecule has 0 unspecified atom stereocenters. The van der Waals surface area contributed by atoms with Crippen LogP contribution in [0.3, 0.4) is 0 Å². The van der Waals surface area contributed by atoms with Crippen molar-refractivity contribution in [1.82, 2.24) is 15.0 Å². The average Bonchev–Trinajstić information content (AvgIpc) is 3.09. The molecule has 0 saturated carbocycles. The summed E-state index contributed by atoms with van der Waals surface area (Å²) in [4.78, 5) is 17.2. The highest BCUT2D eigenvalue weighted by Crippen LogP contribution is 2.25. The fourth-order valence-corrected chi connectivity index (χ4v) is 5.27. The second kappa shape index (κ2) is 9.11. The van der Waals surface area contributed by atoms with Gasteiger partial charge in [-0.15, -0.1) is 11.3 Å². The molecule has 1 heterocycles. The van der Waals surface area contributed by atoms with Crippen molar-refractivity contribution in [2.24, 2.45) is 5.92 Å². The van der Waals surface area contributed by atoms with E-state index in [-0.39, 0.29) is 16.7 Å². The molecule has 7 nitrogen and oxygen atoms in total. The number of nitrogens with zero attached hydrogens (tertiary/aromatic N) is 1. The van der Waals surface area contributed by atoms with E-state index in [0.717, 1.165) is 26.5 Å². The molecule has 2 N–H and O–H groups in total. The number of ether oxygens (including phenoxy) is 1. The highest BCUT2D eigenvalue weighted by molar-refractivity contribution is 7.89. The lowest BCUT2D eigenvalue weighted by Crippen LogP contribution is -2.49. The third kappa shape index (κ3) is 5.16. The lowest BCUT2D eigenvalue weighted by Gasteiger charge is -2.21. The number of nitrogens with one attached hydrogen (secondary N) is 2. The molecule has 30 heavy (non-hydrogen) atoms. The Morgan fingerprint density at radius 3 is 2.50 bits per heavy atom. The Kier molecular flexibility index (Phi) is 6.74. The lowest BCUT2D eigenvalue weighted by atomic mass is 10.0. The summed E-state index contributed by atoms with van der Waals surface area (Å²) >= 11 is 1.43. The second-order valence-corrected chi connectivity index (χ2v) is 10.2. The van der Waals surface area contributed by atoms with Crippen LogP contribution in [0.15, 0.2) is 47.4 Å². The van der Waals surface area contributed by atoms with Gasteiger partial charge >= 0.3 is 0 Å². The van der Waals surface area contributed by atoms with Crippen molar-refractivity contribution in [2.45, 2.75) is 38.3 Å². The second-order valence-electron chi connectivity index (χ2n) is 7.27. The van der Waals surface area contributed by atoms with Gasteiger partial charge in [0, 0.05) is 6.54 Å². The Bertz CT molecular complexity index is 1140. The van der Waals surface area contributed by atoms with E-state index in [2.05, 4.69) is 15.0 Å². The minimum atomic E-state index is -3.87. The van der Waals surface area contributed by atoms with Gasteiger partial charge in [0.05, 0.1) is 27.2 Å². The molecule has 3 rings (SSSR count). The predicted octanol–water partition coefficient (Wildman–Crippen LogP) is 3.23. The van der Waals surface area contributed by atoms with E-state index in [4.69, 9.17) is 4.74 Å². The molecule has 0 aliphatic heterocycles. The van der Waals surface area contributed by atoms with Crippen molar-refractivity contribution in [2.75, 3.05) is 7.11 Å². The summed E-state index contributed by atoms with van der Waals surface area (Å²) in [5, 5.41) is 3.68. The highest BCUT2D eigenvalue weighted by Gasteiger charge is 2.28. The highest BCUT2D eigenvalue weighted by atomic mass is 32.2. The van der Waals surface area contributed by atoms with Gasteiger partial charge in [0.2, 0.25) is 15.9 Å². The lowest BCUT2D eigenvalue weighted by molar-refractivity contribution is -0.123. The molecular weight excluding hydrogens is 422 g/mol. The Labute approximate surface area is 180 Å². The molecular formula is C21H25N3O4S2. The molecule has 1 aromatic heterocycles. The van der Waals surface area contributed by atoms with Crippen LogP contribution in [0.25, 0.3) is 10.2 Å². The molecule has 1 atom stereocenters. The van der Waals surface area contributed by atoms with E-state index in [1.54, 1.807) is 45.2 Å². The van der Waals surface area contributed by atoms with E-state index in [1.807, 2.05) is 19.1 Å². The van der Waals surface area contributed by atoms with Crippen LogP contribution < -0.4 is 14.8 Å². The molecule has 9 heteroatoms. The fraction of sp³-hybridized carbons (Fsp3) is 0.333. The molecule has 0 bridgehead atoms. The van der Waals surface area contributed by atoms with Gasteiger partial charge in [-0.2, -0.15) is 4.72 Å². The molecule has 2 aromatic carbocycles. The summed E-state index contributed by atoms with van der Waals surface area (Å²) in [6, 6.07) is 11.2. The summed E-state index contributed by atoms with van der Waals surface area (Å²) in [6.45, 7) is 5.77. The van der Waals surface area contributed by atoms with E-state index >= 15 is 0 Å². The number of fused-ring (bicyclic) bond motifs is 1. The Morgan fingerprint density at radius 2 is 1.87 bits per heavy atom. The van der Waals surface area contributed by atoms with Crippen LogP contribution in [0, 0.1) is 12.8 Å². The van der Waals surface area contributed by atoms with Gasteiger partial charge in [-0.25, -0.2) is 13.4 Å². The largest absolute Gasteiger partial charge is 0.497 e. The van der Waals surface area contributed by atoms with Gasteiger partial charge in [-0.3, -0.25) is 4.79 Å². The number of hydrogen-bond donors (Lipinski definition) is 2. The Balaban J connectivity index is 1.73. The number of aromatic nitrogens is 1. The van der Waals surface area contributed by atoms with Crippen molar-refractivity contribution in [1.29, 1.82) is 0 Å². The van der Waals surface area contributed by atoms with Gasteiger partial charge < -0.3 is 10.1 Å². The Morgan fingerprint density at radius 1 is 1.17 bits per heavy atom. The van der Waals surface area contributed by atoms with Crippen molar-refractivity contribution in [3.63, 3.8) is 0 Å². The van der Waals surface area contributed by atoms with Crippen LogP contribution in [0.4, 0.5) is 0 Å². The Hall–Kier alpha value is -2.49. The summed E-state index contributed by atoms with van der Waals surface area (Å²) in [7, 11) is -2.28. The van der Waals surface area contributed by atoms with E-state index in [9.17, 15) is 13.2 Å². The smallest absolute Gasteiger partial charge is 0.241 e. The molecule has 0 aliphatic rings. The molecule has 1 amide bonds. The predicted molar refractivity (Wildman–Crippen MR) is 118 cm³/mol. The van der Waals surface area contributed by atoms with Gasteiger partial charge in [0.25, 0.3) is 0 Å². The number of benzene rings is 2. The topological polar surface area (TPSA) is 97.4 Å². The molecule has 0 radical (unpaired) electrons. The van der Waals surface area contributed by atoms with Crippen LogP contribution in [-0.2, 0) is 21.4 Å². The molecule has 0 aliphatic carbocycles. The maximum atomic E-state index is 12.9. The first-order valence-electron chi connectivity index (χ1n) is 9.50. The first kappa shape index (κ1) is 22.2. The minimum Gasteiger partial charge on any atom is -0.497 e. The van der Waals surface area contributed by atoms with Crippen LogP contribution in [0.2, 0.25) is 0 Å². The number of thiazole rings is 1. The van der Waals surface area contributed by atoms with E-state index < -0.39 is 16.1 Å². The first-order chi connectivity index (χ1) is 14.2. The van der Waals surface area contributed by atoms with Crippen LogP contribution >= 0.6 is 11.3 Å². The normalized spacial score (nSPS) is 12.8. The number of aryl methyl sites for hydroxylation is 1. The SMILES string of the molecule is COc1ccc(CNC(=O)[C@@H](NS(=O)(=O)c2ccc3nc(C)sc3c2)C(C)C)cc1. The van der Waals surface area contributed by atoms with Crippen molar-refractivity contribution in [3.8, 4) is 5.75 Å². The first-order valence-corrected chi connectivity index (χ1v) is 11.8. The number of carbonyl (C=O) groups is 1. The van der Waals surface area contributed by atoms with E-state index in [0.29, 0.717) is 6.54 Å². The van der Waals surface area contributed by atoms with Crippen molar-refractivity contribution < 1.29 is 17.9 Å². The van der Waals surface area contributed by atoms with Crippen molar-refractivity contribution >= 4 is 37.5 Å². The summed E-state index contributed by atoms with van der Waals surface area (Å²) in [5.74, 6) is 0.120. The standard InChI is InChI=1S/C21H25N3O4S2/c1-13(2)20(21(25)22-12-15-5-7-16(28-4)8-6-15)24-30(26,27)17-9-10-18-19(11-17)29-14(3)23-18/h5-11,13,20,24H,12H2,1-4H3,(H,22,25)/t20-/m0/s1. The third-order valence-electron chi connectivity index (χ3n) is 4.63. The fourth-order valence-electron chi connectivity index (χ4n) is 2.96. The summed E-state index contributed by atoms with van der Waals surface area (Å²) in [6.07, 6.45) is 0. The van der Waals surface area contributed by atoms with Gasteiger partial charge in [0.1, 0.15) is 11.8 Å². The zero-order valence-corrected chi connectivity index (χ0v) is 18.9. The molecule has 0 fully saturated rings. The number of methoxy groups -OCH3 is 1. The van der Waals surface area contributed by atoms with Crippen molar-refractivity contribution in [3.05, 3.63) is 53.0 Å². The number of rotatable bonds is 8. The van der Waals surface area contributed by atoms with E-state index in [1.165, 1.54) is 17.4 Å². The minimum absolute atomic E-state index is 0.118. The molecule has 160 valence electrons. The van der Waals surface area contributed by atoms with Crippen LogP contribution in [-0.4, -0.2) is 32.5 Å². The van der Waals surface area contributed by atoms with Gasteiger partial charge in [0.15, 0.2) is 0 Å².